The average molecular weight is 469 g/mol. The molecule has 0 fully saturated rings. The molecule has 0 unspecified atom stereocenters. The van der Waals surface area contributed by atoms with Crippen LogP contribution in [0.2, 0.25) is 5.02 Å². The SMILES string of the molecule is Cc1cc(C(F)(F)F)nn1CCC(=O)Nc1cc(Oc2ccc(Cl)cc2)cc([N+](=O)[O-])c1. The molecule has 1 amide bonds. The lowest BCUT2D eigenvalue weighted by Gasteiger charge is -2.10. The van der Waals surface area contributed by atoms with E-state index in [2.05, 4.69) is 10.4 Å². The summed E-state index contributed by atoms with van der Waals surface area (Å²) in [5.41, 5.74) is -1.01. The fraction of sp³-hybridized carbons (Fsp3) is 0.200. The number of nitro benzene ring substituents is 1. The Bertz CT molecular complexity index is 1150. The molecule has 0 aliphatic carbocycles. The zero-order valence-corrected chi connectivity index (χ0v) is 17.3. The predicted molar refractivity (Wildman–Crippen MR) is 110 cm³/mol. The molecular formula is C20H16ClF3N4O4. The maximum atomic E-state index is 12.8. The number of hydrogen-bond acceptors (Lipinski definition) is 5. The number of halogens is 4. The van der Waals surface area contributed by atoms with Crippen molar-refractivity contribution in [3.8, 4) is 11.5 Å². The van der Waals surface area contributed by atoms with Crippen molar-refractivity contribution >= 4 is 28.9 Å². The topological polar surface area (TPSA) is 99.3 Å². The Morgan fingerprint density at radius 3 is 2.47 bits per heavy atom. The molecule has 0 saturated carbocycles. The van der Waals surface area contributed by atoms with Gasteiger partial charge < -0.3 is 10.1 Å². The van der Waals surface area contributed by atoms with Crippen molar-refractivity contribution < 1.29 is 27.6 Å². The number of nitro groups is 1. The Balaban J connectivity index is 1.71. The van der Waals surface area contributed by atoms with Gasteiger partial charge in [0.1, 0.15) is 11.5 Å². The number of anilines is 1. The second-order valence-corrected chi connectivity index (χ2v) is 7.16. The van der Waals surface area contributed by atoms with Crippen LogP contribution in [0.1, 0.15) is 17.8 Å². The molecule has 2 aromatic carbocycles. The first-order valence-electron chi connectivity index (χ1n) is 9.15. The van der Waals surface area contributed by atoms with E-state index in [0.29, 0.717) is 10.8 Å². The van der Waals surface area contributed by atoms with Crippen LogP contribution < -0.4 is 10.1 Å². The van der Waals surface area contributed by atoms with Gasteiger partial charge in [0.05, 0.1) is 16.7 Å². The summed E-state index contributed by atoms with van der Waals surface area (Å²) >= 11 is 5.82. The van der Waals surface area contributed by atoms with Crippen LogP contribution in [0.15, 0.2) is 48.5 Å². The lowest BCUT2D eigenvalue weighted by molar-refractivity contribution is -0.384. The molecule has 0 atom stereocenters. The number of aromatic nitrogens is 2. The van der Waals surface area contributed by atoms with Gasteiger partial charge >= 0.3 is 6.18 Å². The second-order valence-electron chi connectivity index (χ2n) is 6.72. The molecule has 3 aromatic rings. The smallest absolute Gasteiger partial charge is 0.435 e. The van der Waals surface area contributed by atoms with Crippen LogP contribution in [-0.2, 0) is 17.5 Å². The van der Waals surface area contributed by atoms with Gasteiger partial charge in [0, 0.05) is 35.8 Å². The monoisotopic (exact) mass is 468 g/mol. The third-order valence-corrected chi connectivity index (χ3v) is 4.51. The Hall–Kier alpha value is -3.60. The molecule has 0 saturated heterocycles. The van der Waals surface area contributed by atoms with Gasteiger partial charge in [-0.2, -0.15) is 18.3 Å². The summed E-state index contributed by atoms with van der Waals surface area (Å²) in [4.78, 5) is 22.9. The van der Waals surface area contributed by atoms with Gasteiger partial charge in [0.15, 0.2) is 5.69 Å². The Labute approximate surface area is 184 Å². The molecule has 0 bridgehead atoms. The van der Waals surface area contributed by atoms with Gasteiger partial charge in [-0.1, -0.05) is 11.6 Å². The zero-order valence-electron chi connectivity index (χ0n) is 16.5. The summed E-state index contributed by atoms with van der Waals surface area (Å²) in [5.74, 6) is -0.0808. The highest BCUT2D eigenvalue weighted by Gasteiger charge is 2.34. The number of ether oxygens (including phenoxy) is 1. The fourth-order valence-electron chi connectivity index (χ4n) is 2.76. The number of amides is 1. The van der Waals surface area contributed by atoms with E-state index in [9.17, 15) is 28.1 Å². The lowest BCUT2D eigenvalue weighted by atomic mass is 10.2. The number of carbonyl (C=O) groups is 1. The first-order valence-corrected chi connectivity index (χ1v) is 9.53. The highest BCUT2D eigenvalue weighted by atomic mass is 35.5. The van der Waals surface area contributed by atoms with Crippen LogP contribution in [0, 0.1) is 17.0 Å². The molecule has 8 nitrogen and oxygen atoms in total. The van der Waals surface area contributed by atoms with Crippen LogP contribution in [-0.4, -0.2) is 20.6 Å². The third kappa shape index (κ3) is 5.97. The van der Waals surface area contributed by atoms with E-state index in [-0.39, 0.29) is 35.8 Å². The Kier molecular flexibility index (Phi) is 6.68. The number of benzene rings is 2. The largest absolute Gasteiger partial charge is 0.457 e. The van der Waals surface area contributed by atoms with Crippen LogP contribution in [0.4, 0.5) is 24.5 Å². The summed E-state index contributed by atoms with van der Waals surface area (Å²) < 4.78 is 44.9. The minimum absolute atomic E-state index is 0.0985. The maximum Gasteiger partial charge on any atom is 0.435 e. The molecular weight excluding hydrogens is 453 g/mol. The lowest BCUT2D eigenvalue weighted by Crippen LogP contribution is -2.16. The summed E-state index contributed by atoms with van der Waals surface area (Å²) in [5, 5.41) is 17.7. The third-order valence-electron chi connectivity index (χ3n) is 4.26. The Morgan fingerprint density at radius 1 is 1.19 bits per heavy atom. The van der Waals surface area contributed by atoms with Crippen molar-refractivity contribution in [2.75, 3.05) is 5.32 Å². The molecule has 0 aliphatic heterocycles. The van der Waals surface area contributed by atoms with Gasteiger partial charge in [-0.05, 0) is 37.3 Å². The van der Waals surface area contributed by atoms with E-state index < -0.39 is 22.7 Å². The Morgan fingerprint density at radius 2 is 1.88 bits per heavy atom. The summed E-state index contributed by atoms with van der Waals surface area (Å²) in [6, 6.07) is 10.9. The van der Waals surface area contributed by atoms with Crippen LogP contribution in [0.3, 0.4) is 0 Å². The van der Waals surface area contributed by atoms with Crippen molar-refractivity contribution in [3.63, 3.8) is 0 Å². The van der Waals surface area contributed by atoms with Crippen molar-refractivity contribution in [1.29, 1.82) is 0 Å². The predicted octanol–water partition coefficient (Wildman–Crippen LogP) is 5.59. The summed E-state index contributed by atoms with van der Waals surface area (Å²) in [6.45, 7) is 1.35. The molecule has 0 radical (unpaired) electrons. The number of hydrogen-bond donors (Lipinski definition) is 1. The normalized spacial score (nSPS) is 11.3. The molecule has 0 aliphatic rings. The van der Waals surface area contributed by atoms with Gasteiger partial charge in [-0.3, -0.25) is 19.6 Å². The van der Waals surface area contributed by atoms with E-state index in [0.717, 1.165) is 16.8 Å². The second kappa shape index (κ2) is 9.27. The number of nitrogens with zero attached hydrogens (tertiary/aromatic N) is 3. The first-order chi connectivity index (χ1) is 15.0. The highest BCUT2D eigenvalue weighted by Crippen LogP contribution is 2.31. The molecule has 1 heterocycles. The number of carbonyl (C=O) groups excluding carboxylic acids is 1. The van der Waals surface area contributed by atoms with E-state index in [1.54, 1.807) is 24.3 Å². The van der Waals surface area contributed by atoms with E-state index in [1.807, 2.05) is 0 Å². The maximum absolute atomic E-state index is 12.8. The first kappa shape index (κ1) is 23.1. The van der Waals surface area contributed by atoms with Crippen molar-refractivity contribution in [2.45, 2.75) is 26.1 Å². The quantitative estimate of drug-likeness (QED) is 0.360. The van der Waals surface area contributed by atoms with E-state index in [4.69, 9.17) is 16.3 Å². The summed E-state index contributed by atoms with van der Waals surface area (Å²) in [7, 11) is 0. The highest BCUT2D eigenvalue weighted by molar-refractivity contribution is 6.30. The molecule has 32 heavy (non-hydrogen) atoms. The van der Waals surface area contributed by atoms with Crippen molar-refractivity contribution in [1.82, 2.24) is 9.78 Å². The van der Waals surface area contributed by atoms with Gasteiger partial charge in [0.25, 0.3) is 5.69 Å². The summed E-state index contributed by atoms with van der Waals surface area (Å²) in [6.07, 6.45) is -4.78. The number of rotatable bonds is 7. The number of aryl methyl sites for hydroxylation is 2. The molecule has 3 rings (SSSR count). The number of nitrogens with one attached hydrogen (secondary N) is 1. The zero-order chi connectivity index (χ0) is 23.5. The fourth-order valence-corrected chi connectivity index (χ4v) is 2.89. The van der Waals surface area contributed by atoms with Crippen LogP contribution in [0.5, 0.6) is 11.5 Å². The number of alkyl halides is 3. The molecule has 1 N–H and O–H groups in total. The number of non-ortho nitro benzene ring substituents is 1. The molecule has 12 heteroatoms. The minimum atomic E-state index is -4.58. The standard InChI is InChI=1S/C20H16ClF3N4O4/c1-12-8-18(20(22,23)24)26-27(12)7-6-19(29)25-14-9-15(28(30)31)11-17(10-14)32-16-4-2-13(21)3-5-16/h2-5,8-11H,6-7H2,1H3,(H,25,29). The average Bonchev–Trinajstić information content (AvgIpc) is 3.09. The van der Waals surface area contributed by atoms with Crippen LogP contribution >= 0.6 is 11.6 Å². The van der Waals surface area contributed by atoms with Crippen LogP contribution in [0.25, 0.3) is 0 Å². The van der Waals surface area contributed by atoms with Gasteiger partial charge in [-0.15, -0.1) is 0 Å². The van der Waals surface area contributed by atoms with Crippen molar-refractivity contribution in [3.05, 3.63) is 75.1 Å². The van der Waals surface area contributed by atoms with Gasteiger partial charge in [-0.25, -0.2) is 0 Å². The molecule has 1 aromatic heterocycles. The van der Waals surface area contributed by atoms with E-state index >= 15 is 0 Å². The van der Waals surface area contributed by atoms with Gasteiger partial charge in [0.2, 0.25) is 5.91 Å². The minimum Gasteiger partial charge on any atom is -0.457 e. The molecule has 168 valence electrons. The van der Waals surface area contributed by atoms with Crippen molar-refractivity contribution in [2.24, 2.45) is 0 Å². The molecule has 0 spiro atoms. The van der Waals surface area contributed by atoms with E-state index in [1.165, 1.54) is 19.1 Å².